The molecule has 76 valence electrons. The summed E-state index contributed by atoms with van der Waals surface area (Å²) in [6, 6.07) is 0.562. The molecule has 0 aromatic carbocycles. The van der Waals surface area contributed by atoms with Gasteiger partial charge in [-0.15, -0.1) is 0 Å². The number of nitrogens with two attached hydrogens (primary N) is 1. The first-order valence-electron chi connectivity index (χ1n) is 4.08. The molecule has 0 radical (unpaired) electrons. The highest BCUT2D eigenvalue weighted by Gasteiger charge is 2.15. The Bertz CT molecular complexity index is 356. The molecule has 0 unspecified atom stereocenters. The molecule has 0 fully saturated rings. The van der Waals surface area contributed by atoms with E-state index in [2.05, 4.69) is 5.16 Å². The zero-order chi connectivity index (χ0) is 10.7. The SMILES string of the molecule is CC(C)c1cc(C(=O)NC(N)=O)no1. The first-order valence-corrected chi connectivity index (χ1v) is 4.08. The van der Waals surface area contributed by atoms with Crippen molar-refractivity contribution in [3.8, 4) is 0 Å². The highest BCUT2D eigenvalue weighted by atomic mass is 16.5. The topological polar surface area (TPSA) is 98.2 Å². The number of carbonyl (C=O) groups is 2. The molecule has 6 nitrogen and oxygen atoms in total. The number of urea groups is 1. The number of hydrogen-bond donors (Lipinski definition) is 2. The maximum Gasteiger partial charge on any atom is 0.319 e. The maximum atomic E-state index is 11.2. The average Bonchev–Trinajstić information content (AvgIpc) is 2.50. The van der Waals surface area contributed by atoms with Crippen molar-refractivity contribution in [1.29, 1.82) is 0 Å². The van der Waals surface area contributed by atoms with Crippen LogP contribution in [0, 0.1) is 0 Å². The van der Waals surface area contributed by atoms with Crippen molar-refractivity contribution in [1.82, 2.24) is 10.5 Å². The number of aromatic nitrogens is 1. The van der Waals surface area contributed by atoms with E-state index >= 15 is 0 Å². The molecular weight excluding hydrogens is 186 g/mol. The van der Waals surface area contributed by atoms with Gasteiger partial charge in [0, 0.05) is 12.0 Å². The summed E-state index contributed by atoms with van der Waals surface area (Å²) in [5.41, 5.74) is 4.82. The molecule has 0 spiro atoms. The van der Waals surface area contributed by atoms with Gasteiger partial charge in [0.05, 0.1) is 0 Å². The largest absolute Gasteiger partial charge is 0.360 e. The molecule has 14 heavy (non-hydrogen) atoms. The van der Waals surface area contributed by atoms with Crippen LogP contribution in [-0.4, -0.2) is 17.1 Å². The smallest absolute Gasteiger partial charge is 0.319 e. The molecule has 0 saturated heterocycles. The maximum absolute atomic E-state index is 11.2. The van der Waals surface area contributed by atoms with Crippen LogP contribution in [0.25, 0.3) is 0 Å². The first-order chi connectivity index (χ1) is 6.50. The van der Waals surface area contributed by atoms with E-state index in [1.54, 1.807) is 0 Å². The first kappa shape index (κ1) is 10.2. The van der Waals surface area contributed by atoms with Gasteiger partial charge in [-0.1, -0.05) is 19.0 Å². The Morgan fingerprint density at radius 1 is 1.57 bits per heavy atom. The van der Waals surface area contributed by atoms with E-state index in [4.69, 9.17) is 10.3 Å². The van der Waals surface area contributed by atoms with E-state index in [-0.39, 0.29) is 11.6 Å². The Hall–Kier alpha value is -1.85. The summed E-state index contributed by atoms with van der Waals surface area (Å²) in [6.07, 6.45) is 0. The number of nitrogens with one attached hydrogen (secondary N) is 1. The number of imide groups is 1. The van der Waals surface area contributed by atoms with E-state index in [1.807, 2.05) is 19.2 Å². The fourth-order valence-electron chi connectivity index (χ4n) is 0.844. The standard InChI is InChI=1S/C8H11N3O3/c1-4(2)6-3-5(11-14-6)7(12)10-8(9)13/h3-4H,1-2H3,(H3,9,10,12,13). The Balaban J connectivity index is 2.76. The molecule has 0 atom stereocenters. The lowest BCUT2D eigenvalue weighted by molar-refractivity contribution is 0.0957. The highest BCUT2D eigenvalue weighted by molar-refractivity contribution is 6.02. The predicted octanol–water partition coefficient (Wildman–Crippen LogP) is 0.607. The number of hydrogen-bond acceptors (Lipinski definition) is 4. The minimum Gasteiger partial charge on any atom is -0.360 e. The van der Waals surface area contributed by atoms with Gasteiger partial charge in [0.1, 0.15) is 5.76 Å². The second-order valence-electron chi connectivity index (χ2n) is 3.09. The number of primary amides is 1. The minimum absolute atomic E-state index is 0.0486. The van der Waals surface area contributed by atoms with Crippen LogP contribution in [-0.2, 0) is 0 Å². The molecule has 1 aromatic heterocycles. The Morgan fingerprint density at radius 3 is 2.64 bits per heavy atom. The van der Waals surface area contributed by atoms with Crippen molar-refractivity contribution < 1.29 is 14.1 Å². The molecule has 1 aromatic rings. The van der Waals surface area contributed by atoms with E-state index in [1.165, 1.54) is 6.07 Å². The van der Waals surface area contributed by atoms with Gasteiger partial charge in [-0.3, -0.25) is 10.1 Å². The van der Waals surface area contributed by atoms with Crippen molar-refractivity contribution in [2.75, 3.05) is 0 Å². The number of carbonyl (C=O) groups excluding carboxylic acids is 2. The summed E-state index contributed by atoms with van der Waals surface area (Å²) in [6.45, 7) is 3.80. The van der Waals surface area contributed by atoms with Crippen LogP contribution in [0.3, 0.4) is 0 Å². The molecule has 0 aliphatic rings. The van der Waals surface area contributed by atoms with Gasteiger partial charge in [0.15, 0.2) is 5.69 Å². The highest BCUT2D eigenvalue weighted by Crippen LogP contribution is 2.14. The van der Waals surface area contributed by atoms with Gasteiger partial charge >= 0.3 is 6.03 Å². The van der Waals surface area contributed by atoms with Crippen LogP contribution in [0.2, 0.25) is 0 Å². The third-order valence-corrected chi connectivity index (χ3v) is 1.57. The monoisotopic (exact) mass is 197 g/mol. The van der Waals surface area contributed by atoms with Crippen molar-refractivity contribution in [3.05, 3.63) is 17.5 Å². The van der Waals surface area contributed by atoms with Crippen molar-refractivity contribution >= 4 is 11.9 Å². The van der Waals surface area contributed by atoms with E-state index in [0.717, 1.165) is 0 Å². The summed E-state index contributed by atoms with van der Waals surface area (Å²) in [5.74, 6) is 0.0606. The molecule has 6 heteroatoms. The van der Waals surface area contributed by atoms with Gasteiger partial charge in [0.25, 0.3) is 5.91 Å². The van der Waals surface area contributed by atoms with Crippen LogP contribution >= 0.6 is 0 Å². The van der Waals surface area contributed by atoms with E-state index < -0.39 is 11.9 Å². The number of rotatable bonds is 2. The molecule has 3 amide bonds. The van der Waals surface area contributed by atoms with Crippen LogP contribution in [0.5, 0.6) is 0 Å². The summed E-state index contributed by atoms with van der Waals surface area (Å²) in [4.78, 5) is 21.5. The number of amides is 3. The zero-order valence-electron chi connectivity index (χ0n) is 7.90. The second kappa shape index (κ2) is 3.91. The molecular formula is C8H11N3O3. The molecule has 1 heterocycles. The van der Waals surface area contributed by atoms with Gasteiger partial charge in [0.2, 0.25) is 0 Å². The van der Waals surface area contributed by atoms with Gasteiger partial charge in [-0.2, -0.15) is 0 Å². The fraction of sp³-hybridized carbons (Fsp3) is 0.375. The third-order valence-electron chi connectivity index (χ3n) is 1.57. The molecule has 0 aliphatic carbocycles. The average molecular weight is 197 g/mol. The van der Waals surface area contributed by atoms with Crippen LogP contribution < -0.4 is 11.1 Å². The fourth-order valence-corrected chi connectivity index (χ4v) is 0.844. The lowest BCUT2D eigenvalue weighted by atomic mass is 10.1. The Morgan fingerprint density at radius 2 is 2.21 bits per heavy atom. The van der Waals surface area contributed by atoms with Crippen molar-refractivity contribution in [2.45, 2.75) is 19.8 Å². The van der Waals surface area contributed by atoms with Crippen LogP contribution in [0.4, 0.5) is 4.79 Å². The van der Waals surface area contributed by atoms with Gasteiger partial charge in [-0.05, 0) is 0 Å². The lowest BCUT2D eigenvalue weighted by Crippen LogP contribution is -2.35. The van der Waals surface area contributed by atoms with Crippen LogP contribution in [0.15, 0.2) is 10.6 Å². The lowest BCUT2D eigenvalue weighted by Gasteiger charge is -1.94. The van der Waals surface area contributed by atoms with Gasteiger partial charge < -0.3 is 10.3 Å². The minimum atomic E-state index is -0.913. The molecule has 0 saturated carbocycles. The zero-order valence-corrected chi connectivity index (χ0v) is 7.90. The predicted molar refractivity (Wildman–Crippen MR) is 47.6 cm³/mol. The molecule has 0 bridgehead atoms. The van der Waals surface area contributed by atoms with Gasteiger partial charge in [-0.25, -0.2) is 4.79 Å². The molecule has 3 N–H and O–H groups in total. The summed E-state index contributed by atoms with van der Waals surface area (Å²) in [5, 5.41) is 5.38. The molecule has 1 rings (SSSR count). The van der Waals surface area contributed by atoms with Crippen molar-refractivity contribution in [2.24, 2.45) is 5.73 Å². The van der Waals surface area contributed by atoms with E-state index in [9.17, 15) is 9.59 Å². The molecule has 0 aliphatic heterocycles. The number of nitrogens with zero attached hydrogens (tertiary/aromatic N) is 1. The van der Waals surface area contributed by atoms with Crippen LogP contribution in [0.1, 0.15) is 36.0 Å². The van der Waals surface area contributed by atoms with Crippen molar-refractivity contribution in [3.63, 3.8) is 0 Å². The quantitative estimate of drug-likeness (QED) is 0.725. The normalized spacial score (nSPS) is 10.2. The second-order valence-corrected chi connectivity index (χ2v) is 3.09. The third kappa shape index (κ3) is 2.32. The summed E-state index contributed by atoms with van der Waals surface area (Å²) >= 11 is 0. The summed E-state index contributed by atoms with van der Waals surface area (Å²) in [7, 11) is 0. The Kier molecular flexibility index (Phi) is 2.85. The Labute approximate surface area is 80.4 Å². The summed E-state index contributed by atoms with van der Waals surface area (Å²) < 4.78 is 4.87. The van der Waals surface area contributed by atoms with E-state index in [0.29, 0.717) is 5.76 Å².